The molecule has 0 unspecified atom stereocenters. The van der Waals surface area contributed by atoms with Gasteiger partial charge in [-0.1, -0.05) is 5.92 Å². The van der Waals surface area contributed by atoms with Crippen LogP contribution in [0.3, 0.4) is 0 Å². The van der Waals surface area contributed by atoms with Crippen molar-refractivity contribution < 1.29 is 4.42 Å². The second kappa shape index (κ2) is 3.85. The summed E-state index contributed by atoms with van der Waals surface area (Å²) >= 11 is 0. The first-order valence-electron chi connectivity index (χ1n) is 3.55. The molecule has 1 N–H and O–H groups in total. The maximum atomic E-state index is 5.16. The molecule has 0 spiro atoms. The molecule has 0 aliphatic heterocycles. The smallest absolute Gasteiger partial charge is 0.120 e. The van der Waals surface area contributed by atoms with Gasteiger partial charge in [0.05, 0.1) is 18.8 Å². The van der Waals surface area contributed by atoms with Crippen LogP contribution in [0.4, 0.5) is 0 Å². The molecular formula is C9H11NO. The van der Waals surface area contributed by atoms with Crippen LogP contribution in [0, 0.1) is 12.3 Å². The van der Waals surface area contributed by atoms with Gasteiger partial charge < -0.3 is 4.42 Å². The van der Waals surface area contributed by atoms with Crippen LogP contribution in [0.5, 0.6) is 0 Å². The lowest BCUT2D eigenvalue weighted by Gasteiger charge is -2.06. The van der Waals surface area contributed by atoms with Gasteiger partial charge in [-0.15, -0.1) is 6.42 Å². The molecule has 1 atom stereocenters. The standard InChI is InChI=1S/C9H11NO/c1-3-6-10-8(2)9-5-4-7-11-9/h1,4-5,7-8,10H,6H2,2H3/t8-/m1/s1. The van der Waals surface area contributed by atoms with Crippen molar-refractivity contribution >= 4 is 0 Å². The molecule has 0 saturated heterocycles. The summed E-state index contributed by atoms with van der Waals surface area (Å²) in [6.07, 6.45) is 6.74. The molecule has 0 radical (unpaired) electrons. The van der Waals surface area contributed by atoms with Gasteiger partial charge in [-0.05, 0) is 19.1 Å². The van der Waals surface area contributed by atoms with Gasteiger partial charge in [-0.25, -0.2) is 0 Å². The van der Waals surface area contributed by atoms with E-state index in [9.17, 15) is 0 Å². The SMILES string of the molecule is C#CCN[C@H](C)c1ccco1. The van der Waals surface area contributed by atoms with E-state index in [0.29, 0.717) is 6.54 Å². The van der Waals surface area contributed by atoms with Gasteiger partial charge in [0.1, 0.15) is 5.76 Å². The molecule has 0 aliphatic rings. The number of terminal acetylenes is 1. The number of nitrogens with one attached hydrogen (secondary N) is 1. The zero-order valence-electron chi connectivity index (χ0n) is 6.50. The van der Waals surface area contributed by atoms with E-state index in [0.717, 1.165) is 5.76 Å². The summed E-state index contributed by atoms with van der Waals surface area (Å²) in [6.45, 7) is 2.58. The fourth-order valence-corrected chi connectivity index (χ4v) is 0.850. The molecule has 0 saturated carbocycles. The van der Waals surface area contributed by atoms with Crippen LogP contribution in [0.1, 0.15) is 18.7 Å². The van der Waals surface area contributed by atoms with Crippen molar-refractivity contribution in [1.82, 2.24) is 5.32 Å². The third kappa shape index (κ3) is 2.14. The second-order valence-electron chi connectivity index (χ2n) is 2.32. The summed E-state index contributed by atoms with van der Waals surface area (Å²) in [4.78, 5) is 0. The molecule has 1 rings (SSSR count). The van der Waals surface area contributed by atoms with Crippen LogP contribution in [-0.4, -0.2) is 6.54 Å². The minimum atomic E-state index is 0.195. The highest BCUT2D eigenvalue weighted by Gasteiger charge is 2.04. The Morgan fingerprint density at radius 3 is 3.18 bits per heavy atom. The quantitative estimate of drug-likeness (QED) is 0.660. The predicted molar refractivity (Wildman–Crippen MR) is 44.0 cm³/mol. The average Bonchev–Trinajstić information content (AvgIpc) is 2.52. The molecular weight excluding hydrogens is 138 g/mol. The van der Waals surface area contributed by atoms with Crippen molar-refractivity contribution in [3.05, 3.63) is 24.2 Å². The summed E-state index contributed by atoms with van der Waals surface area (Å²) in [7, 11) is 0. The van der Waals surface area contributed by atoms with Crippen LogP contribution < -0.4 is 5.32 Å². The summed E-state index contributed by atoms with van der Waals surface area (Å²) in [5.41, 5.74) is 0. The Bertz CT molecular complexity index is 233. The Morgan fingerprint density at radius 1 is 1.82 bits per heavy atom. The lowest BCUT2D eigenvalue weighted by atomic mass is 10.2. The van der Waals surface area contributed by atoms with Crippen LogP contribution in [0.25, 0.3) is 0 Å². The molecule has 1 heterocycles. The number of hydrogen-bond donors (Lipinski definition) is 1. The van der Waals surface area contributed by atoms with Gasteiger partial charge >= 0.3 is 0 Å². The van der Waals surface area contributed by atoms with Gasteiger partial charge in [-0.2, -0.15) is 0 Å². The second-order valence-corrected chi connectivity index (χ2v) is 2.32. The monoisotopic (exact) mass is 149 g/mol. The zero-order valence-corrected chi connectivity index (χ0v) is 6.50. The molecule has 1 aromatic heterocycles. The van der Waals surface area contributed by atoms with Crippen LogP contribution in [0.2, 0.25) is 0 Å². The number of rotatable bonds is 3. The maximum absolute atomic E-state index is 5.16. The molecule has 1 aromatic rings. The summed E-state index contributed by atoms with van der Waals surface area (Å²) in [5, 5.41) is 3.10. The van der Waals surface area contributed by atoms with E-state index in [4.69, 9.17) is 10.8 Å². The number of hydrogen-bond acceptors (Lipinski definition) is 2. The maximum Gasteiger partial charge on any atom is 0.120 e. The average molecular weight is 149 g/mol. The van der Waals surface area contributed by atoms with Crippen molar-refractivity contribution in [3.63, 3.8) is 0 Å². The van der Waals surface area contributed by atoms with Gasteiger partial charge in [0.25, 0.3) is 0 Å². The number of furan rings is 1. The molecule has 0 aromatic carbocycles. The molecule has 0 bridgehead atoms. The van der Waals surface area contributed by atoms with Crippen molar-refractivity contribution in [3.8, 4) is 12.3 Å². The van der Waals surface area contributed by atoms with E-state index in [1.165, 1.54) is 0 Å². The van der Waals surface area contributed by atoms with E-state index in [1.54, 1.807) is 6.26 Å². The van der Waals surface area contributed by atoms with Crippen molar-refractivity contribution in [2.45, 2.75) is 13.0 Å². The predicted octanol–water partition coefficient (Wildman–Crippen LogP) is 1.56. The first kappa shape index (κ1) is 7.90. The van der Waals surface area contributed by atoms with Crippen molar-refractivity contribution in [2.75, 3.05) is 6.54 Å². The largest absolute Gasteiger partial charge is 0.468 e. The highest BCUT2D eigenvalue weighted by Crippen LogP contribution is 2.10. The summed E-state index contributed by atoms with van der Waals surface area (Å²) in [5.74, 6) is 3.42. The van der Waals surface area contributed by atoms with E-state index in [-0.39, 0.29) is 6.04 Å². The molecule has 2 heteroatoms. The third-order valence-corrected chi connectivity index (χ3v) is 1.48. The van der Waals surface area contributed by atoms with Crippen LogP contribution >= 0.6 is 0 Å². The molecule has 11 heavy (non-hydrogen) atoms. The normalized spacial score (nSPS) is 12.4. The van der Waals surface area contributed by atoms with Crippen LogP contribution in [0.15, 0.2) is 22.8 Å². The first-order valence-corrected chi connectivity index (χ1v) is 3.55. The van der Waals surface area contributed by atoms with Gasteiger partial charge in [0, 0.05) is 0 Å². The molecule has 0 fully saturated rings. The van der Waals surface area contributed by atoms with E-state index in [2.05, 4.69) is 11.2 Å². The Hall–Kier alpha value is -1.20. The minimum absolute atomic E-state index is 0.195. The summed E-state index contributed by atoms with van der Waals surface area (Å²) < 4.78 is 5.16. The zero-order chi connectivity index (χ0) is 8.10. The Labute approximate surface area is 66.6 Å². The van der Waals surface area contributed by atoms with Gasteiger partial charge in [-0.3, -0.25) is 5.32 Å². The highest BCUT2D eigenvalue weighted by molar-refractivity contribution is 5.03. The van der Waals surface area contributed by atoms with Gasteiger partial charge in [0.15, 0.2) is 0 Å². The lowest BCUT2D eigenvalue weighted by Crippen LogP contribution is -2.17. The highest BCUT2D eigenvalue weighted by atomic mass is 16.3. The lowest BCUT2D eigenvalue weighted by molar-refractivity contribution is 0.443. The summed E-state index contributed by atoms with van der Waals surface area (Å²) in [6, 6.07) is 3.98. The fraction of sp³-hybridized carbons (Fsp3) is 0.333. The van der Waals surface area contributed by atoms with E-state index < -0.39 is 0 Å². The topological polar surface area (TPSA) is 25.2 Å². The first-order chi connectivity index (χ1) is 5.34. The molecule has 58 valence electrons. The molecule has 0 amide bonds. The van der Waals surface area contributed by atoms with Crippen molar-refractivity contribution in [2.24, 2.45) is 0 Å². The Balaban J connectivity index is 2.44. The Kier molecular flexibility index (Phi) is 2.76. The Morgan fingerprint density at radius 2 is 2.64 bits per heavy atom. The molecule has 0 aliphatic carbocycles. The van der Waals surface area contributed by atoms with E-state index in [1.807, 2.05) is 19.1 Å². The molecule has 2 nitrogen and oxygen atoms in total. The van der Waals surface area contributed by atoms with Crippen LogP contribution in [-0.2, 0) is 0 Å². The third-order valence-electron chi connectivity index (χ3n) is 1.48. The fourth-order valence-electron chi connectivity index (χ4n) is 0.850. The van der Waals surface area contributed by atoms with Crippen molar-refractivity contribution in [1.29, 1.82) is 0 Å². The minimum Gasteiger partial charge on any atom is -0.468 e. The van der Waals surface area contributed by atoms with E-state index >= 15 is 0 Å². The van der Waals surface area contributed by atoms with Gasteiger partial charge in [0.2, 0.25) is 0 Å².